The van der Waals surface area contributed by atoms with Gasteiger partial charge < -0.3 is 10.1 Å². The molecule has 0 fully saturated rings. The summed E-state index contributed by atoms with van der Waals surface area (Å²) in [6.45, 7) is 7.99. The molecule has 2 unspecified atom stereocenters. The number of carbonyl (C=O) groups is 2. The van der Waals surface area contributed by atoms with Gasteiger partial charge in [-0.05, 0) is 34.2 Å². The molecular weight excluding hydrogens is 220 g/mol. The molecule has 0 spiro atoms. The number of nitrogens with one attached hydrogen (secondary N) is 1. The SMILES string of the molecule is CCOC(=O)CN(C)C(C)C(=O)NC(C)CC. The van der Waals surface area contributed by atoms with Crippen LogP contribution >= 0.6 is 0 Å². The van der Waals surface area contributed by atoms with Crippen molar-refractivity contribution in [1.29, 1.82) is 0 Å². The Bertz CT molecular complexity index is 256. The number of hydrogen-bond acceptors (Lipinski definition) is 4. The van der Waals surface area contributed by atoms with Gasteiger partial charge in [-0.25, -0.2) is 0 Å². The maximum atomic E-state index is 11.8. The lowest BCUT2D eigenvalue weighted by Crippen LogP contribution is -2.47. The standard InChI is InChI=1S/C12H24N2O3/c1-6-9(3)13-12(16)10(4)14(5)8-11(15)17-7-2/h9-10H,6-8H2,1-5H3,(H,13,16). The van der Waals surface area contributed by atoms with Crippen molar-refractivity contribution in [2.45, 2.75) is 46.2 Å². The largest absolute Gasteiger partial charge is 0.465 e. The Morgan fingerprint density at radius 1 is 1.29 bits per heavy atom. The monoisotopic (exact) mass is 244 g/mol. The number of amides is 1. The van der Waals surface area contributed by atoms with Gasteiger partial charge in [0.05, 0.1) is 19.2 Å². The molecule has 100 valence electrons. The summed E-state index contributed by atoms with van der Waals surface area (Å²) in [6, 6.07) is -0.186. The Balaban J connectivity index is 4.15. The van der Waals surface area contributed by atoms with Gasteiger partial charge in [0.15, 0.2) is 0 Å². The maximum Gasteiger partial charge on any atom is 0.320 e. The Morgan fingerprint density at radius 3 is 2.35 bits per heavy atom. The lowest BCUT2D eigenvalue weighted by Gasteiger charge is -2.24. The highest BCUT2D eigenvalue weighted by Crippen LogP contribution is 1.98. The Hall–Kier alpha value is -1.10. The highest BCUT2D eigenvalue weighted by Gasteiger charge is 2.21. The molecule has 0 aromatic heterocycles. The van der Waals surface area contributed by atoms with Crippen molar-refractivity contribution in [3.63, 3.8) is 0 Å². The predicted octanol–water partition coefficient (Wildman–Crippen LogP) is 0.785. The van der Waals surface area contributed by atoms with Gasteiger partial charge in [-0.1, -0.05) is 6.92 Å². The van der Waals surface area contributed by atoms with Crippen LogP contribution in [0, 0.1) is 0 Å². The van der Waals surface area contributed by atoms with E-state index in [-0.39, 0.29) is 30.5 Å². The van der Waals surface area contributed by atoms with Crippen molar-refractivity contribution in [2.24, 2.45) is 0 Å². The number of hydrogen-bond donors (Lipinski definition) is 1. The molecule has 0 aliphatic heterocycles. The zero-order valence-corrected chi connectivity index (χ0v) is 11.4. The summed E-state index contributed by atoms with van der Waals surface area (Å²) in [5.74, 6) is -0.371. The van der Waals surface area contributed by atoms with E-state index in [1.54, 1.807) is 25.8 Å². The van der Waals surface area contributed by atoms with Crippen LogP contribution in [0.15, 0.2) is 0 Å². The molecule has 0 rings (SSSR count). The number of carbonyl (C=O) groups excluding carboxylic acids is 2. The summed E-state index contributed by atoms with van der Waals surface area (Å²) < 4.78 is 4.83. The van der Waals surface area contributed by atoms with Crippen molar-refractivity contribution < 1.29 is 14.3 Å². The minimum absolute atomic E-state index is 0.0638. The zero-order chi connectivity index (χ0) is 13.4. The fourth-order valence-corrected chi connectivity index (χ4v) is 1.21. The Morgan fingerprint density at radius 2 is 1.88 bits per heavy atom. The summed E-state index contributed by atoms with van der Waals surface area (Å²) in [4.78, 5) is 24.7. The first-order valence-electron chi connectivity index (χ1n) is 6.08. The van der Waals surface area contributed by atoms with Crippen LogP contribution in [0.1, 0.15) is 34.1 Å². The molecule has 2 atom stereocenters. The first-order valence-corrected chi connectivity index (χ1v) is 6.08. The first-order chi connectivity index (χ1) is 7.92. The summed E-state index contributed by atoms with van der Waals surface area (Å²) in [7, 11) is 1.73. The smallest absolute Gasteiger partial charge is 0.320 e. The second-order valence-electron chi connectivity index (χ2n) is 4.21. The Labute approximate surface area is 103 Å². The molecular formula is C12H24N2O3. The van der Waals surface area contributed by atoms with Gasteiger partial charge in [-0.15, -0.1) is 0 Å². The quantitative estimate of drug-likeness (QED) is 0.673. The van der Waals surface area contributed by atoms with Crippen molar-refractivity contribution in [2.75, 3.05) is 20.2 Å². The molecule has 0 aromatic rings. The van der Waals surface area contributed by atoms with Crippen molar-refractivity contribution in [3.05, 3.63) is 0 Å². The first kappa shape index (κ1) is 15.9. The molecule has 5 nitrogen and oxygen atoms in total. The summed E-state index contributed by atoms with van der Waals surface area (Å²) in [6.07, 6.45) is 0.889. The van der Waals surface area contributed by atoms with E-state index in [2.05, 4.69) is 5.32 Å². The number of esters is 1. The lowest BCUT2D eigenvalue weighted by molar-refractivity contribution is -0.145. The fourth-order valence-electron chi connectivity index (χ4n) is 1.21. The Kier molecular flexibility index (Phi) is 7.54. The van der Waals surface area contributed by atoms with Gasteiger partial charge in [0, 0.05) is 6.04 Å². The van der Waals surface area contributed by atoms with E-state index < -0.39 is 0 Å². The van der Waals surface area contributed by atoms with Gasteiger partial charge >= 0.3 is 5.97 Å². The average Bonchev–Trinajstić information content (AvgIpc) is 2.27. The second kappa shape index (κ2) is 8.06. The van der Waals surface area contributed by atoms with Crippen molar-refractivity contribution in [3.8, 4) is 0 Å². The predicted molar refractivity (Wildman–Crippen MR) is 66.6 cm³/mol. The van der Waals surface area contributed by atoms with Crippen LogP contribution < -0.4 is 5.32 Å². The van der Waals surface area contributed by atoms with E-state index in [0.29, 0.717) is 6.61 Å². The minimum atomic E-state index is -0.339. The van der Waals surface area contributed by atoms with E-state index in [4.69, 9.17) is 4.74 Å². The summed E-state index contributed by atoms with van der Waals surface area (Å²) in [5, 5.41) is 2.88. The van der Waals surface area contributed by atoms with Gasteiger partial charge in [-0.3, -0.25) is 14.5 Å². The number of nitrogens with zero attached hydrogens (tertiary/aromatic N) is 1. The van der Waals surface area contributed by atoms with Crippen molar-refractivity contribution >= 4 is 11.9 Å². The summed E-state index contributed by atoms with van der Waals surface area (Å²) in [5.41, 5.74) is 0. The normalized spacial score (nSPS) is 14.2. The highest BCUT2D eigenvalue weighted by atomic mass is 16.5. The number of rotatable bonds is 7. The third-order valence-electron chi connectivity index (χ3n) is 2.73. The van der Waals surface area contributed by atoms with Crippen LogP contribution in [0.4, 0.5) is 0 Å². The molecule has 17 heavy (non-hydrogen) atoms. The molecule has 5 heteroatoms. The van der Waals surface area contributed by atoms with Crippen molar-refractivity contribution in [1.82, 2.24) is 10.2 Å². The number of ether oxygens (including phenoxy) is 1. The fraction of sp³-hybridized carbons (Fsp3) is 0.833. The van der Waals surface area contributed by atoms with Crippen LogP contribution in [0.25, 0.3) is 0 Å². The molecule has 0 heterocycles. The third-order valence-corrected chi connectivity index (χ3v) is 2.73. The van der Waals surface area contributed by atoms with Gasteiger partial charge in [-0.2, -0.15) is 0 Å². The molecule has 1 N–H and O–H groups in total. The molecule has 0 aliphatic rings. The maximum absolute atomic E-state index is 11.8. The van der Waals surface area contributed by atoms with Crippen LogP contribution in [-0.2, 0) is 14.3 Å². The van der Waals surface area contributed by atoms with Gasteiger partial charge in [0.1, 0.15) is 0 Å². The van der Waals surface area contributed by atoms with E-state index in [1.165, 1.54) is 0 Å². The molecule has 0 bridgehead atoms. The molecule has 0 aromatic carbocycles. The molecule has 0 saturated carbocycles. The van der Waals surface area contributed by atoms with Gasteiger partial charge in [0.2, 0.25) is 5.91 Å². The van der Waals surface area contributed by atoms with Gasteiger partial charge in [0.25, 0.3) is 0 Å². The zero-order valence-electron chi connectivity index (χ0n) is 11.4. The van der Waals surface area contributed by atoms with E-state index >= 15 is 0 Å². The highest BCUT2D eigenvalue weighted by molar-refractivity contribution is 5.82. The van der Waals surface area contributed by atoms with E-state index in [1.807, 2.05) is 13.8 Å². The average molecular weight is 244 g/mol. The molecule has 0 saturated heterocycles. The van der Waals surface area contributed by atoms with Crippen LogP contribution in [0.2, 0.25) is 0 Å². The lowest BCUT2D eigenvalue weighted by atomic mass is 10.2. The second-order valence-corrected chi connectivity index (χ2v) is 4.21. The number of likely N-dealkylation sites (N-methyl/N-ethyl adjacent to an activating group) is 1. The molecule has 0 radical (unpaired) electrons. The van der Waals surface area contributed by atoms with E-state index in [0.717, 1.165) is 6.42 Å². The van der Waals surface area contributed by atoms with Crippen LogP contribution in [0.5, 0.6) is 0 Å². The summed E-state index contributed by atoms with van der Waals surface area (Å²) >= 11 is 0. The topological polar surface area (TPSA) is 58.6 Å². The van der Waals surface area contributed by atoms with Crippen LogP contribution in [-0.4, -0.2) is 49.1 Å². The molecule has 0 aliphatic carbocycles. The third kappa shape index (κ3) is 6.26. The molecule has 1 amide bonds. The van der Waals surface area contributed by atoms with E-state index in [9.17, 15) is 9.59 Å². The van der Waals surface area contributed by atoms with Crippen LogP contribution in [0.3, 0.4) is 0 Å². The minimum Gasteiger partial charge on any atom is -0.465 e.